The van der Waals surface area contributed by atoms with Crippen LogP contribution in [0.1, 0.15) is 213 Å². The van der Waals surface area contributed by atoms with E-state index in [4.69, 9.17) is 18.5 Å². The molecule has 23 nitrogen and oxygen atoms in total. The highest BCUT2D eigenvalue weighted by atomic mass is 32.2. The number of aliphatic hydroxyl groups is 2. The number of thioether (sulfide) groups is 1. The van der Waals surface area contributed by atoms with Crippen LogP contribution in [0, 0.1) is 0 Å². The molecule has 0 spiro atoms. The average molecular weight is 1170 g/mol. The summed E-state index contributed by atoms with van der Waals surface area (Å²) >= 11 is 1.46. The van der Waals surface area contributed by atoms with Crippen molar-refractivity contribution in [3.05, 3.63) is 0 Å². The quantitative estimate of drug-likeness (QED) is 0.0155. The third kappa shape index (κ3) is 38.0. The van der Waals surface area contributed by atoms with Crippen LogP contribution >= 0.6 is 43.1 Å². The maximum Gasteiger partial charge on any atom is 0.472 e. The van der Waals surface area contributed by atoms with Crippen molar-refractivity contribution in [2.75, 3.05) is 19.0 Å². The van der Waals surface area contributed by atoms with Gasteiger partial charge in [-0.05, 0) is 25.7 Å². The Bertz CT molecular complexity index is 1680. The van der Waals surface area contributed by atoms with Crippen LogP contribution < -0.4 is 0 Å². The van der Waals surface area contributed by atoms with Crippen LogP contribution in [-0.4, -0.2) is 123 Å². The van der Waals surface area contributed by atoms with Crippen molar-refractivity contribution in [3.63, 3.8) is 0 Å². The molecule has 0 aromatic heterocycles. The number of aliphatic hydroxyl groups excluding tert-OH is 2. The van der Waals surface area contributed by atoms with Crippen molar-refractivity contribution in [2.45, 2.75) is 256 Å². The molecule has 4 unspecified atom stereocenters. The van der Waals surface area contributed by atoms with E-state index < -0.39 is 99.0 Å². The first kappa shape index (κ1) is 71.3. The highest BCUT2D eigenvalue weighted by Gasteiger charge is 2.59. The summed E-state index contributed by atoms with van der Waals surface area (Å²) in [6.07, 6.45) is 11.6. The largest absolute Gasteiger partial charge is 0.472 e. The molecule has 0 bridgehead atoms. The van der Waals surface area contributed by atoms with Gasteiger partial charge in [0.25, 0.3) is 0 Å². The SMILES string of the molecule is CCCCCCCCCCCCCCCC(=O)O[C@@H](COP(=O)(O)OC1C(O)[C@H](OP(=O)(O)O)C(OP(=O)(O)O)[C@H](OP(=O)(O)O)[C@@H]1O)CC(=O)OCCCCCCCCCCCCCCCCSC(=O)CCC. The molecule has 0 aromatic carbocycles. The third-order valence-electron chi connectivity index (χ3n) is 12.1. The molecule has 74 heavy (non-hydrogen) atoms. The first-order chi connectivity index (χ1) is 34.9. The predicted molar refractivity (Wildman–Crippen MR) is 276 cm³/mol. The second-order valence-corrected chi connectivity index (χ2v) is 25.1. The molecule has 1 rings (SSSR count). The Labute approximate surface area is 442 Å². The zero-order valence-electron chi connectivity index (χ0n) is 43.5. The number of ether oxygens (including phenoxy) is 2. The number of phosphoric ester groups is 4. The number of esters is 2. The van der Waals surface area contributed by atoms with E-state index in [1.165, 1.54) is 95.2 Å². The number of carbonyl (C=O) groups is 3. The minimum absolute atomic E-state index is 0.0383. The number of hydrogen-bond acceptors (Lipinski definition) is 17. The molecule has 1 aliphatic rings. The standard InChI is InChI=1S/C46H90O23P4S/c1-3-5-6-7-8-9-10-13-16-19-22-25-28-32-38(47)65-37(35-39(48)63-33-29-26-23-20-17-14-11-12-15-18-21-24-27-30-34-74-40(49)31-4-2)36-64-73(61,62)69-43-41(50)44(66-70(52,53)54)46(68-72(58,59)60)45(42(43)51)67-71(55,56)57/h37,41-46,50-51H,3-36H2,1-2H3,(H,61,62)(H2,52,53,54)(H2,55,56,57)(H2,58,59,60)/t37-,41-,42?,43?,44-,45+,46?/m1/s1. The van der Waals surface area contributed by atoms with Gasteiger partial charge in [0.15, 0.2) is 5.12 Å². The number of phosphoric acid groups is 4. The second-order valence-electron chi connectivity index (χ2n) is 18.9. The molecule has 438 valence electrons. The molecule has 1 saturated carbocycles. The Hall–Kier alpha value is -0.680. The summed E-state index contributed by atoms with van der Waals surface area (Å²) in [5.41, 5.74) is 0. The zero-order valence-corrected chi connectivity index (χ0v) is 47.9. The lowest BCUT2D eigenvalue weighted by Crippen LogP contribution is -2.65. The maximum atomic E-state index is 13.3. The van der Waals surface area contributed by atoms with Gasteiger partial charge < -0.3 is 53.9 Å². The van der Waals surface area contributed by atoms with E-state index in [0.29, 0.717) is 30.8 Å². The van der Waals surface area contributed by atoms with Crippen LogP contribution in [0.5, 0.6) is 0 Å². The molecular formula is C46H90O23P4S. The van der Waals surface area contributed by atoms with Crippen molar-refractivity contribution in [1.29, 1.82) is 0 Å². The van der Waals surface area contributed by atoms with E-state index >= 15 is 0 Å². The van der Waals surface area contributed by atoms with Gasteiger partial charge in [-0.3, -0.25) is 37.0 Å². The van der Waals surface area contributed by atoms with E-state index in [0.717, 1.165) is 82.8 Å². The molecule has 1 aliphatic carbocycles. The molecule has 28 heteroatoms. The summed E-state index contributed by atoms with van der Waals surface area (Å²) in [5, 5.41) is 22.2. The summed E-state index contributed by atoms with van der Waals surface area (Å²) in [4.78, 5) is 105. The van der Waals surface area contributed by atoms with Crippen molar-refractivity contribution >= 4 is 60.1 Å². The van der Waals surface area contributed by atoms with Crippen LogP contribution in [-0.2, 0) is 64.7 Å². The average Bonchev–Trinajstić information content (AvgIpc) is 3.29. The fourth-order valence-electron chi connectivity index (χ4n) is 8.36. The molecule has 0 aromatic rings. The third-order valence-corrected chi connectivity index (χ3v) is 15.7. The zero-order chi connectivity index (χ0) is 55.5. The Kier molecular flexibility index (Phi) is 39.0. The highest BCUT2D eigenvalue weighted by molar-refractivity contribution is 8.13. The van der Waals surface area contributed by atoms with E-state index in [9.17, 15) is 77.1 Å². The van der Waals surface area contributed by atoms with Gasteiger partial charge >= 0.3 is 43.2 Å². The van der Waals surface area contributed by atoms with Gasteiger partial charge in [0, 0.05) is 18.6 Å². The fraction of sp³-hybridized carbons (Fsp3) is 0.935. The summed E-state index contributed by atoms with van der Waals surface area (Å²) in [6.45, 7) is 3.20. The number of hydrogen-bond donors (Lipinski definition) is 9. The van der Waals surface area contributed by atoms with Crippen molar-refractivity contribution in [1.82, 2.24) is 0 Å². The molecule has 9 N–H and O–H groups in total. The van der Waals surface area contributed by atoms with E-state index in [-0.39, 0.29) is 13.0 Å². The molecule has 0 radical (unpaired) electrons. The summed E-state index contributed by atoms with van der Waals surface area (Å²) < 4.78 is 82.3. The summed E-state index contributed by atoms with van der Waals surface area (Å²) in [5.74, 6) is -0.701. The summed E-state index contributed by atoms with van der Waals surface area (Å²) in [6, 6.07) is 0. The molecule has 0 amide bonds. The smallest absolute Gasteiger partial charge is 0.466 e. The Morgan fingerprint density at radius 2 is 0.851 bits per heavy atom. The molecule has 0 aliphatic heterocycles. The van der Waals surface area contributed by atoms with Crippen molar-refractivity contribution < 1.29 is 109 Å². The lowest BCUT2D eigenvalue weighted by molar-refractivity contribution is -0.209. The Morgan fingerprint density at radius 3 is 1.27 bits per heavy atom. The molecule has 1 fully saturated rings. The lowest BCUT2D eigenvalue weighted by atomic mass is 9.85. The normalized spacial score (nSPS) is 20.8. The van der Waals surface area contributed by atoms with Gasteiger partial charge in [0.1, 0.15) is 42.7 Å². The lowest BCUT2D eigenvalue weighted by Gasteiger charge is -2.45. The fourth-order valence-corrected chi connectivity index (χ4v) is 11.9. The predicted octanol–water partition coefficient (Wildman–Crippen LogP) is 9.51. The van der Waals surface area contributed by atoms with E-state index in [1.807, 2.05) is 6.92 Å². The Balaban J connectivity index is 2.78. The van der Waals surface area contributed by atoms with Crippen molar-refractivity contribution in [2.24, 2.45) is 0 Å². The van der Waals surface area contributed by atoms with E-state index in [1.54, 1.807) is 0 Å². The topological polar surface area (TPSA) is 366 Å². The number of carbonyl (C=O) groups excluding carboxylic acids is 3. The molecule has 0 saturated heterocycles. The second kappa shape index (κ2) is 40.5. The molecule has 0 heterocycles. The van der Waals surface area contributed by atoms with Gasteiger partial charge in [-0.1, -0.05) is 180 Å². The van der Waals surface area contributed by atoms with Gasteiger partial charge in [0.2, 0.25) is 0 Å². The van der Waals surface area contributed by atoms with Gasteiger partial charge in [0.05, 0.1) is 19.6 Å². The first-order valence-corrected chi connectivity index (χ1v) is 33.7. The Morgan fingerprint density at radius 1 is 0.459 bits per heavy atom. The van der Waals surface area contributed by atoms with Crippen LogP contribution in [0.4, 0.5) is 0 Å². The first-order valence-electron chi connectivity index (χ1n) is 26.6. The minimum Gasteiger partial charge on any atom is -0.466 e. The van der Waals surface area contributed by atoms with Crippen LogP contribution in [0.2, 0.25) is 0 Å². The van der Waals surface area contributed by atoms with Gasteiger partial charge in [-0.15, -0.1) is 0 Å². The van der Waals surface area contributed by atoms with Crippen LogP contribution in [0.15, 0.2) is 0 Å². The monoisotopic (exact) mass is 1170 g/mol. The van der Waals surface area contributed by atoms with Crippen LogP contribution in [0.3, 0.4) is 0 Å². The summed E-state index contributed by atoms with van der Waals surface area (Å²) in [7, 11) is -23.1. The van der Waals surface area contributed by atoms with Crippen molar-refractivity contribution in [3.8, 4) is 0 Å². The molecule has 8 atom stereocenters. The van der Waals surface area contributed by atoms with Gasteiger partial charge in [-0.25, -0.2) is 18.3 Å². The molecular weight excluding hydrogens is 1080 g/mol. The van der Waals surface area contributed by atoms with Crippen LogP contribution in [0.25, 0.3) is 0 Å². The number of rotatable bonds is 47. The van der Waals surface area contributed by atoms with E-state index in [2.05, 4.69) is 20.5 Å². The van der Waals surface area contributed by atoms with Gasteiger partial charge in [-0.2, -0.15) is 0 Å². The highest BCUT2D eigenvalue weighted by Crippen LogP contribution is 2.53. The maximum absolute atomic E-state index is 13.3. The number of unbranched alkanes of at least 4 members (excludes halogenated alkanes) is 25. The minimum atomic E-state index is -5.80.